The van der Waals surface area contributed by atoms with Gasteiger partial charge in [-0.1, -0.05) is 37.3 Å². The fourth-order valence-electron chi connectivity index (χ4n) is 2.42. The van der Waals surface area contributed by atoms with E-state index < -0.39 is 0 Å². The first kappa shape index (κ1) is 14.7. The number of aryl methyl sites for hydroxylation is 2. The summed E-state index contributed by atoms with van der Waals surface area (Å²) in [6, 6.07) is 10.4. The lowest BCUT2D eigenvalue weighted by molar-refractivity contribution is 0.705. The molecule has 0 aliphatic heterocycles. The third-order valence-electron chi connectivity index (χ3n) is 3.47. The van der Waals surface area contributed by atoms with Crippen LogP contribution in [0.2, 0.25) is 0 Å². The van der Waals surface area contributed by atoms with Gasteiger partial charge in [-0.3, -0.25) is 0 Å². The molecule has 1 heterocycles. The van der Waals surface area contributed by atoms with Crippen LogP contribution in [-0.2, 0) is 12.8 Å². The highest BCUT2D eigenvalue weighted by atomic mass is 14.9. The summed E-state index contributed by atoms with van der Waals surface area (Å²) in [5.41, 5.74) is 4.76. The Balaban J connectivity index is 2.13. The Kier molecular flexibility index (Phi) is 5.24. The molecule has 0 unspecified atom stereocenters. The summed E-state index contributed by atoms with van der Waals surface area (Å²) >= 11 is 0. The van der Waals surface area contributed by atoms with Crippen molar-refractivity contribution in [2.45, 2.75) is 33.6 Å². The minimum atomic E-state index is 0.802. The first-order valence-electron chi connectivity index (χ1n) is 7.28. The van der Waals surface area contributed by atoms with Gasteiger partial charge in [0.25, 0.3) is 0 Å². The number of nitrogens with zero attached hydrogens (tertiary/aromatic N) is 2. The van der Waals surface area contributed by atoms with E-state index in [1.165, 1.54) is 11.1 Å². The Morgan fingerprint density at radius 3 is 2.25 bits per heavy atom. The fourth-order valence-corrected chi connectivity index (χ4v) is 2.42. The monoisotopic (exact) mass is 269 g/mol. The molecule has 0 saturated carbocycles. The Labute approximate surface area is 121 Å². The molecule has 0 bridgehead atoms. The Morgan fingerprint density at radius 2 is 1.65 bits per heavy atom. The molecular formula is C17H23N3. The summed E-state index contributed by atoms with van der Waals surface area (Å²) in [4.78, 5) is 9.34. The molecular weight excluding hydrogens is 246 g/mol. The van der Waals surface area contributed by atoms with E-state index in [-0.39, 0.29) is 0 Å². The van der Waals surface area contributed by atoms with Crippen LogP contribution in [0.1, 0.15) is 35.3 Å². The van der Waals surface area contributed by atoms with Crippen LogP contribution in [0, 0.1) is 13.8 Å². The van der Waals surface area contributed by atoms with Crippen LogP contribution in [0.4, 0.5) is 0 Å². The van der Waals surface area contributed by atoms with Crippen molar-refractivity contribution in [2.75, 3.05) is 13.1 Å². The molecule has 0 aliphatic carbocycles. The van der Waals surface area contributed by atoms with E-state index in [0.29, 0.717) is 0 Å². The van der Waals surface area contributed by atoms with Crippen molar-refractivity contribution in [1.29, 1.82) is 0 Å². The molecule has 1 N–H and O–H groups in total. The third-order valence-corrected chi connectivity index (χ3v) is 3.47. The zero-order chi connectivity index (χ0) is 14.4. The van der Waals surface area contributed by atoms with Crippen LogP contribution < -0.4 is 5.32 Å². The average Bonchev–Trinajstić information content (AvgIpc) is 2.43. The quantitative estimate of drug-likeness (QED) is 0.819. The molecule has 1 aromatic carbocycles. The molecule has 2 rings (SSSR count). The minimum Gasteiger partial charge on any atom is -0.317 e. The van der Waals surface area contributed by atoms with Crippen LogP contribution in [0.25, 0.3) is 0 Å². The summed E-state index contributed by atoms with van der Waals surface area (Å²) < 4.78 is 0. The molecule has 20 heavy (non-hydrogen) atoms. The maximum absolute atomic E-state index is 4.67. The molecule has 0 saturated heterocycles. The minimum absolute atomic E-state index is 0.802. The number of benzene rings is 1. The van der Waals surface area contributed by atoms with Crippen molar-refractivity contribution in [3.63, 3.8) is 0 Å². The van der Waals surface area contributed by atoms with Gasteiger partial charge in [0.05, 0.1) is 0 Å². The molecule has 0 radical (unpaired) electrons. The smallest absolute Gasteiger partial charge is 0.133 e. The second-order valence-electron chi connectivity index (χ2n) is 5.06. The maximum atomic E-state index is 4.67. The number of rotatable bonds is 6. The number of hydrogen-bond donors (Lipinski definition) is 1. The summed E-state index contributed by atoms with van der Waals surface area (Å²) in [7, 11) is 0. The lowest BCUT2D eigenvalue weighted by atomic mass is 10.1. The molecule has 0 aliphatic rings. The molecule has 3 nitrogen and oxygen atoms in total. The van der Waals surface area contributed by atoms with Crippen LogP contribution in [0.5, 0.6) is 0 Å². The van der Waals surface area contributed by atoms with Gasteiger partial charge in [-0.2, -0.15) is 0 Å². The van der Waals surface area contributed by atoms with E-state index in [1.54, 1.807) is 0 Å². The lowest BCUT2D eigenvalue weighted by Crippen LogP contribution is -2.18. The van der Waals surface area contributed by atoms with Gasteiger partial charge in [-0.25, -0.2) is 9.97 Å². The predicted molar refractivity (Wildman–Crippen MR) is 83.0 cm³/mol. The number of hydrogen-bond acceptors (Lipinski definition) is 3. The number of aromatic nitrogens is 2. The Hall–Kier alpha value is -1.74. The molecule has 0 amide bonds. The zero-order valence-corrected chi connectivity index (χ0v) is 12.6. The predicted octanol–water partition coefficient (Wildman–Crippen LogP) is 2.84. The van der Waals surface area contributed by atoms with Gasteiger partial charge in [-0.15, -0.1) is 0 Å². The van der Waals surface area contributed by atoms with Gasteiger partial charge in [0.1, 0.15) is 5.82 Å². The summed E-state index contributed by atoms with van der Waals surface area (Å²) in [6.07, 6.45) is 1.80. The second kappa shape index (κ2) is 7.15. The SMILES string of the molecule is CCNCCc1c(C)nc(Cc2ccccc2)nc1C. The first-order chi connectivity index (χ1) is 9.70. The topological polar surface area (TPSA) is 37.8 Å². The normalized spacial score (nSPS) is 10.8. The maximum Gasteiger partial charge on any atom is 0.133 e. The summed E-state index contributed by atoms with van der Waals surface area (Å²) in [6.45, 7) is 8.29. The van der Waals surface area contributed by atoms with Gasteiger partial charge in [0.15, 0.2) is 0 Å². The first-order valence-corrected chi connectivity index (χ1v) is 7.28. The van der Waals surface area contributed by atoms with Gasteiger partial charge < -0.3 is 5.32 Å². The van der Waals surface area contributed by atoms with E-state index in [2.05, 4.69) is 60.3 Å². The second-order valence-corrected chi connectivity index (χ2v) is 5.06. The summed E-state index contributed by atoms with van der Waals surface area (Å²) in [5, 5.41) is 3.35. The van der Waals surface area contributed by atoms with E-state index in [4.69, 9.17) is 0 Å². The fraction of sp³-hybridized carbons (Fsp3) is 0.412. The summed E-state index contributed by atoms with van der Waals surface area (Å²) in [5.74, 6) is 0.915. The number of likely N-dealkylation sites (N-methyl/N-ethyl adjacent to an activating group) is 1. The zero-order valence-electron chi connectivity index (χ0n) is 12.6. The Bertz CT molecular complexity index is 526. The van der Waals surface area contributed by atoms with Crippen molar-refractivity contribution < 1.29 is 0 Å². The van der Waals surface area contributed by atoms with E-state index in [0.717, 1.165) is 43.1 Å². The van der Waals surface area contributed by atoms with Crippen LogP contribution in [-0.4, -0.2) is 23.1 Å². The molecule has 0 spiro atoms. The lowest BCUT2D eigenvalue weighted by Gasteiger charge is -2.11. The average molecular weight is 269 g/mol. The van der Waals surface area contributed by atoms with Crippen molar-refractivity contribution >= 4 is 0 Å². The van der Waals surface area contributed by atoms with Gasteiger partial charge in [0, 0.05) is 17.8 Å². The van der Waals surface area contributed by atoms with Crippen molar-refractivity contribution in [3.8, 4) is 0 Å². The van der Waals surface area contributed by atoms with Crippen molar-refractivity contribution in [2.24, 2.45) is 0 Å². The molecule has 0 atom stereocenters. The molecule has 106 valence electrons. The number of nitrogens with one attached hydrogen (secondary N) is 1. The highest BCUT2D eigenvalue weighted by molar-refractivity contribution is 5.27. The van der Waals surface area contributed by atoms with E-state index in [9.17, 15) is 0 Å². The van der Waals surface area contributed by atoms with E-state index >= 15 is 0 Å². The Morgan fingerprint density at radius 1 is 1.00 bits per heavy atom. The van der Waals surface area contributed by atoms with Crippen LogP contribution in [0.15, 0.2) is 30.3 Å². The van der Waals surface area contributed by atoms with Gasteiger partial charge in [-0.05, 0) is 44.5 Å². The molecule has 2 aromatic rings. The van der Waals surface area contributed by atoms with Crippen molar-refractivity contribution in [3.05, 3.63) is 58.7 Å². The standard InChI is InChI=1S/C17H23N3/c1-4-18-11-10-16-13(2)19-17(20-14(16)3)12-15-8-6-5-7-9-15/h5-9,18H,4,10-12H2,1-3H3. The molecule has 1 aromatic heterocycles. The van der Waals surface area contributed by atoms with E-state index in [1.807, 2.05) is 6.07 Å². The van der Waals surface area contributed by atoms with Gasteiger partial charge in [0.2, 0.25) is 0 Å². The van der Waals surface area contributed by atoms with Crippen LogP contribution >= 0.6 is 0 Å². The molecule has 0 fully saturated rings. The molecule has 3 heteroatoms. The third kappa shape index (κ3) is 3.87. The van der Waals surface area contributed by atoms with Gasteiger partial charge >= 0.3 is 0 Å². The highest BCUT2D eigenvalue weighted by Crippen LogP contribution is 2.13. The highest BCUT2D eigenvalue weighted by Gasteiger charge is 2.08. The largest absolute Gasteiger partial charge is 0.317 e. The van der Waals surface area contributed by atoms with Crippen LogP contribution in [0.3, 0.4) is 0 Å². The van der Waals surface area contributed by atoms with Crippen molar-refractivity contribution in [1.82, 2.24) is 15.3 Å².